The number of ether oxygens (including phenoxy) is 1. The summed E-state index contributed by atoms with van der Waals surface area (Å²) in [6.45, 7) is 0. The summed E-state index contributed by atoms with van der Waals surface area (Å²) in [7, 11) is 1.33. The lowest BCUT2D eigenvalue weighted by atomic mass is 9.78. The van der Waals surface area contributed by atoms with Gasteiger partial charge in [0.15, 0.2) is 0 Å². The molecule has 0 radical (unpaired) electrons. The molecular formula is C7H12N2O2. The first-order valence-electron chi connectivity index (χ1n) is 3.60. The van der Waals surface area contributed by atoms with Crippen LogP contribution < -0.4 is 5.32 Å². The van der Waals surface area contributed by atoms with Gasteiger partial charge in [-0.2, -0.15) is 0 Å². The van der Waals surface area contributed by atoms with Crippen molar-refractivity contribution in [3.63, 3.8) is 0 Å². The minimum Gasteiger partial charge on any atom is -0.453 e. The third-order valence-corrected chi connectivity index (χ3v) is 2.06. The fourth-order valence-electron chi connectivity index (χ4n) is 1.12. The molecule has 0 atom stereocenters. The smallest absolute Gasteiger partial charge is 0.407 e. The zero-order valence-corrected chi connectivity index (χ0v) is 6.52. The second-order valence-corrected chi connectivity index (χ2v) is 2.77. The summed E-state index contributed by atoms with van der Waals surface area (Å²) in [5.74, 6) is 0. The molecular weight excluding hydrogens is 144 g/mol. The predicted molar refractivity (Wildman–Crippen MR) is 40.9 cm³/mol. The Morgan fingerprint density at radius 1 is 1.73 bits per heavy atom. The van der Waals surface area contributed by atoms with E-state index in [4.69, 9.17) is 5.41 Å². The second-order valence-electron chi connectivity index (χ2n) is 2.77. The van der Waals surface area contributed by atoms with Crippen molar-refractivity contribution in [1.82, 2.24) is 5.32 Å². The van der Waals surface area contributed by atoms with Gasteiger partial charge in [-0.3, -0.25) is 0 Å². The molecule has 2 N–H and O–H groups in total. The maximum Gasteiger partial charge on any atom is 0.407 e. The first-order valence-corrected chi connectivity index (χ1v) is 3.60. The number of rotatable bonds is 2. The molecule has 4 nitrogen and oxygen atoms in total. The van der Waals surface area contributed by atoms with E-state index < -0.39 is 11.6 Å². The van der Waals surface area contributed by atoms with Crippen LogP contribution in [-0.4, -0.2) is 25.0 Å². The highest BCUT2D eigenvalue weighted by Crippen LogP contribution is 2.29. The number of amides is 1. The van der Waals surface area contributed by atoms with E-state index >= 15 is 0 Å². The molecule has 0 spiro atoms. The average Bonchev–Trinajstić information content (AvgIpc) is 1.96. The van der Waals surface area contributed by atoms with E-state index in [0.29, 0.717) is 0 Å². The van der Waals surface area contributed by atoms with Crippen LogP contribution in [0.15, 0.2) is 0 Å². The molecule has 0 aromatic heterocycles. The quantitative estimate of drug-likeness (QED) is 0.584. The van der Waals surface area contributed by atoms with Gasteiger partial charge in [0.2, 0.25) is 0 Å². The Hall–Kier alpha value is -1.06. The van der Waals surface area contributed by atoms with Crippen LogP contribution in [0.5, 0.6) is 0 Å². The Bertz CT molecular complexity index is 175. The van der Waals surface area contributed by atoms with E-state index in [2.05, 4.69) is 10.1 Å². The van der Waals surface area contributed by atoms with Crippen molar-refractivity contribution < 1.29 is 9.53 Å². The standard InChI is InChI=1S/C7H12N2O2/c1-11-6(10)9-7(5-8)3-2-4-7/h5,8H,2-4H2,1H3,(H,9,10). The largest absolute Gasteiger partial charge is 0.453 e. The Kier molecular flexibility index (Phi) is 2.12. The van der Waals surface area contributed by atoms with Gasteiger partial charge >= 0.3 is 6.09 Å². The van der Waals surface area contributed by atoms with Crippen LogP contribution in [0.1, 0.15) is 19.3 Å². The van der Waals surface area contributed by atoms with Gasteiger partial charge in [-0.1, -0.05) is 0 Å². The minimum absolute atomic E-state index is 0.396. The maximum absolute atomic E-state index is 10.7. The van der Waals surface area contributed by atoms with Gasteiger partial charge < -0.3 is 15.5 Å². The molecule has 1 amide bonds. The highest BCUT2D eigenvalue weighted by Gasteiger charge is 2.36. The van der Waals surface area contributed by atoms with Gasteiger partial charge in [0, 0.05) is 6.21 Å². The number of hydrogen-bond donors (Lipinski definition) is 2. The molecule has 0 saturated heterocycles. The molecule has 1 rings (SSSR count). The van der Waals surface area contributed by atoms with Crippen molar-refractivity contribution in [2.24, 2.45) is 0 Å². The van der Waals surface area contributed by atoms with Crippen molar-refractivity contribution in [2.75, 3.05) is 7.11 Å². The van der Waals surface area contributed by atoms with Crippen LogP contribution >= 0.6 is 0 Å². The van der Waals surface area contributed by atoms with Gasteiger partial charge in [0.25, 0.3) is 0 Å². The molecule has 0 aliphatic heterocycles. The fourth-order valence-corrected chi connectivity index (χ4v) is 1.12. The molecule has 0 unspecified atom stereocenters. The van der Waals surface area contributed by atoms with Crippen LogP contribution in [0.4, 0.5) is 4.79 Å². The average molecular weight is 156 g/mol. The molecule has 62 valence electrons. The van der Waals surface area contributed by atoms with Crippen LogP contribution in [0.2, 0.25) is 0 Å². The van der Waals surface area contributed by atoms with E-state index in [-0.39, 0.29) is 0 Å². The van der Waals surface area contributed by atoms with Crippen molar-refractivity contribution in [3.05, 3.63) is 0 Å². The second kappa shape index (κ2) is 2.90. The van der Waals surface area contributed by atoms with Gasteiger partial charge in [-0.05, 0) is 19.3 Å². The van der Waals surface area contributed by atoms with Gasteiger partial charge in [-0.25, -0.2) is 4.79 Å². The van der Waals surface area contributed by atoms with Crippen LogP contribution in [0.3, 0.4) is 0 Å². The van der Waals surface area contributed by atoms with Crippen molar-refractivity contribution in [1.29, 1.82) is 5.41 Å². The van der Waals surface area contributed by atoms with Gasteiger partial charge in [0.1, 0.15) is 0 Å². The lowest BCUT2D eigenvalue weighted by Gasteiger charge is -2.37. The Balaban J connectivity index is 2.44. The van der Waals surface area contributed by atoms with Crippen molar-refractivity contribution in [2.45, 2.75) is 24.8 Å². The first kappa shape index (κ1) is 8.04. The Morgan fingerprint density at radius 3 is 2.64 bits per heavy atom. The lowest BCUT2D eigenvalue weighted by Crippen LogP contribution is -2.54. The summed E-state index contributed by atoms with van der Waals surface area (Å²) in [6.07, 6.45) is 3.61. The molecule has 0 aromatic carbocycles. The zero-order chi connectivity index (χ0) is 8.32. The molecule has 0 aromatic rings. The Morgan fingerprint density at radius 2 is 2.36 bits per heavy atom. The van der Waals surface area contributed by atoms with Crippen molar-refractivity contribution >= 4 is 12.3 Å². The fraction of sp³-hybridized carbons (Fsp3) is 0.714. The molecule has 1 saturated carbocycles. The highest BCUT2D eigenvalue weighted by molar-refractivity contribution is 5.78. The number of alkyl carbamates (subject to hydrolysis) is 1. The lowest BCUT2D eigenvalue weighted by molar-refractivity contribution is 0.151. The molecule has 4 heteroatoms. The third-order valence-electron chi connectivity index (χ3n) is 2.06. The molecule has 1 aliphatic carbocycles. The van der Waals surface area contributed by atoms with Gasteiger partial charge in [-0.15, -0.1) is 0 Å². The van der Waals surface area contributed by atoms with E-state index in [0.717, 1.165) is 19.3 Å². The molecule has 0 bridgehead atoms. The van der Waals surface area contributed by atoms with Crippen LogP contribution in [-0.2, 0) is 4.74 Å². The number of carbonyl (C=O) groups is 1. The van der Waals surface area contributed by atoms with Crippen LogP contribution in [0.25, 0.3) is 0 Å². The SMILES string of the molecule is COC(=O)NC1(C=N)CCC1. The number of hydrogen-bond acceptors (Lipinski definition) is 3. The topological polar surface area (TPSA) is 62.2 Å². The van der Waals surface area contributed by atoms with Gasteiger partial charge in [0.05, 0.1) is 12.6 Å². The summed E-state index contributed by atoms with van der Waals surface area (Å²) >= 11 is 0. The monoisotopic (exact) mass is 156 g/mol. The van der Waals surface area contributed by atoms with E-state index in [1.54, 1.807) is 0 Å². The van der Waals surface area contributed by atoms with Crippen molar-refractivity contribution in [3.8, 4) is 0 Å². The summed E-state index contributed by atoms with van der Waals surface area (Å²) in [5.41, 5.74) is -0.396. The molecule has 1 fully saturated rings. The molecule has 0 heterocycles. The summed E-state index contributed by atoms with van der Waals surface area (Å²) < 4.78 is 4.43. The first-order chi connectivity index (χ1) is 5.22. The Labute approximate surface area is 65.4 Å². The maximum atomic E-state index is 10.7. The summed E-state index contributed by atoms with van der Waals surface area (Å²) in [6, 6.07) is 0. The van der Waals surface area contributed by atoms with Crippen LogP contribution in [0, 0.1) is 5.41 Å². The van der Waals surface area contributed by atoms with E-state index in [9.17, 15) is 4.79 Å². The normalized spacial score (nSPS) is 19.7. The number of methoxy groups -OCH3 is 1. The summed E-state index contributed by atoms with van der Waals surface area (Å²) in [5, 5.41) is 9.71. The zero-order valence-electron chi connectivity index (χ0n) is 6.52. The third kappa shape index (κ3) is 1.50. The van der Waals surface area contributed by atoms with E-state index in [1.807, 2.05) is 0 Å². The van der Waals surface area contributed by atoms with E-state index in [1.165, 1.54) is 13.3 Å². The molecule has 11 heavy (non-hydrogen) atoms. The molecule has 1 aliphatic rings. The summed E-state index contributed by atoms with van der Waals surface area (Å²) in [4.78, 5) is 10.7. The number of carbonyl (C=O) groups excluding carboxylic acids is 1. The highest BCUT2D eigenvalue weighted by atomic mass is 16.5. The number of nitrogens with one attached hydrogen (secondary N) is 2. The minimum atomic E-state index is -0.451. The predicted octanol–water partition coefficient (Wildman–Crippen LogP) is 0.915.